The molecule has 2 N–H and O–H groups in total. The molecule has 0 aliphatic rings. The molecule has 2 aromatic carbocycles. The van der Waals surface area contributed by atoms with E-state index >= 15 is 0 Å². The number of rotatable bonds is 4. The molecule has 6 nitrogen and oxygen atoms in total. The van der Waals surface area contributed by atoms with Crippen LogP contribution >= 0.6 is 0 Å². The van der Waals surface area contributed by atoms with Gasteiger partial charge in [-0.15, -0.1) is 0 Å². The zero-order valence-corrected chi connectivity index (χ0v) is 15.5. The van der Waals surface area contributed by atoms with Crippen LogP contribution in [0.5, 0.6) is 0 Å². The second-order valence-corrected chi connectivity index (χ2v) is 6.39. The van der Waals surface area contributed by atoms with Gasteiger partial charge in [-0.05, 0) is 61.4 Å². The fourth-order valence-electron chi connectivity index (χ4n) is 2.73. The SMILES string of the molecule is Cc1cc(F)ccc1NC(=O)c1cn(C)nc1C(=O)Nc1ccc(F)cc1C. The van der Waals surface area contributed by atoms with Crippen LogP contribution in [-0.4, -0.2) is 21.6 Å². The van der Waals surface area contributed by atoms with Crippen molar-refractivity contribution in [3.63, 3.8) is 0 Å². The molecule has 1 heterocycles. The molecule has 0 saturated heterocycles. The van der Waals surface area contributed by atoms with E-state index in [1.807, 2.05) is 0 Å². The molecule has 0 saturated carbocycles. The monoisotopic (exact) mass is 384 g/mol. The highest BCUT2D eigenvalue weighted by molar-refractivity contribution is 6.14. The Balaban J connectivity index is 1.85. The number of aromatic nitrogens is 2. The van der Waals surface area contributed by atoms with Crippen LogP contribution in [-0.2, 0) is 7.05 Å². The Morgan fingerprint density at radius 2 is 1.39 bits per heavy atom. The van der Waals surface area contributed by atoms with Gasteiger partial charge in [0.15, 0.2) is 5.69 Å². The van der Waals surface area contributed by atoms with Crippen molar-refractivity contribution in [2.75, 3.05) is 10.6 Å². The highest BCUT2D eigenvalue weighted by atomic mass is 19.1. The third-order valence-electron chi connectivity index (χ3n) is 4.16. The smallest absolute Gasteiger partial charge is 0.277 e. The van der Waals surface area contributed by atoms with Gasteiger partial charge in [-0.2, -0.15) is 5.10 Å². The van der Waals surface area contributed by atoms with Gasteiger partial charge in [0.25, 0.3) is 11.8 Å². The molecular formula is C20H18F2N4O2. The van der Waals surface area contributed by atoms with Gasteiger partial charge in [0.05, 0.1) is 5.56 Å². The molecule has 0 unspecified atom stereocenters. The number of carbonyl (C=O) groups is 2. The number of anilines is 2. The summed E-state index contributed by atoms with van der Waals surface area (Å²) >= 11 is 0. The van der Waals surface area contributed by atoms with Gasteiger partial charge < -0.3 is 10.6 Å². The van der Waals surface area contributed by atoms with Crippen LogP contribution in [0.15, 0.2) is 42.6 Å². The number of hydrogen-bond acceptors (Lipinski definition) is 3. The lowest BCUT2D eigenvalue weighted by atomic mass is 10.1. The maximum absolute atomic E-state index is 13.2. The Kier molecular flexibility index (Phi) is 5.21. The summed E-state index contributed by atoms with van der Waals surface area (Å²) in [6.45, 7) is 3.31. The third kappa shape index (κ3) is 4.06. The molecule has 1 aromatic heterocycles. The largest absolute Gasteiger partial charge is 0.322 e. The summed E-state index contributed by atoms with van der Waals surface area (Å²) in [4.78, 5) is 25.3. The van der Waals surface area contributed by atoms with Crippen LogP contribution in [0.2, 0.25) is 0 Å². The third-order valence-corrected chi connectivity index (χ3v) is 4.16. The lowest BCUT2D eigenvalue weighted by Crippen LogP contribution is -2.20. The first-order valence-corrected chi connectivity index (χ1v) is 8.43. The van der Waals surface area contributed by atoms with Crippen molar-refractivity contribution in [1.82, 2.24) is 9.78 Å². The van der Waals surface area contributed by atoms with E-state index in [2.05, 4.69) is 15.7 Å². The standard InChI is InChI=1S/C20H18F2N4O2/c1-11-8-13(21)4-6-16(11)23-19(27)15-10-26(3)25-18(15)20(28)24-17-7-5-14(22)9-12(17)2/h4-10H,1-3H3,(H,23,27)(H,24,28). The molecule has 0 fully saturated rings. The summed E-state index contributed by atoms with van der Waals surface area (Å²) in [5.74, 6) is -1.98. The summed E-state index contributed by atoms with van der Waals surface area (Å²) in [6.07, 6.45) is 1.42. The highest BCUT2D eigenvalue weighted by Gasteiger charge is 2.22. The van der Waals surface area contributed by atoms with Crippen LogP contribution in [0.3, 0.4) is 0 Å². The molecule has 3 aromatic rings. The molecule has 0 atom stereocenters. The molecule has 0 aliphatic carbocycles. The van der Waals surface area contributed by atoms with E-state index in [-0.39, 0.29) is 11.3 Å². The number of halogens is 2. The predicted octanol–water partition coefficient (Wildman–Crippen LogP) is 3.82. The second kappa shape index (κ2) is 7.59. The minimum atomic E-state index is -0.601. The van der Waals surface area contributed by atoms with Crippen molar-refractivity contribution in [2.24, 2.45) is 7.05 Å². The van der Waals surface area contributed by atoms with Gasteiger partial charge in [-0.1, -0.05) is 0 Å². The molecule has 3 rings (SSSR count). The number of carbonyl (C=O) groups excluding carboxylic acids is 2. The summed E-state index contributed by atoms with van der Waals surface area (Å²) in [6, 6.07) is 7.93. The van der Waals surface area contributed by atoms with Gasteiger partial charge >= 0.3 is 0 Å². The van der Waals surface area contributed by atoms with Crippen LogP contribution in [0.1, 0.15) is 32.0 Å². The van der Waals surface area contributed by atoms with E-state index in [9.17, 15) is 18.4 Å². The Morgan fingerprint density at radius 1 is 0.893 bits per heavy atom. The molecule has 0 radical (unpaired) electrons. The van der Waals surface area contributed by atoms with Gasteiger partial charge in [-0.25, -0.2) is 8.78 Å². The summed E-state index contributed by atoms with van der Waals surface area (Å²) in [5.41, 5.74) is 1.91. The van der Waals surface area contributed by atoms with E-state index < -0.39 is 23.4 Å². The molecule has 0 aliphatic heterocycles. The van der Waals surface area contributed by atoms with Gasteiger partial charge in [-0.3, -0.25) is 14.3 Å². The normalized spacial score (nSPS) is 10.6. The van der Waals surface area contributed by atoms with Gasteiger partial charge in [0.2, 0.25) is 0 Å². The van der Waals surface area contributed by atoms with Crippen LogP contribution in [0.25, 0.3) is 0 Å². The van der Waals surface area contributed by atoms with Crippen molar-refractivity contribution in [3.05, 3.63) is 76.6 Å². The van der Waals surface area contributed by atoms with E-state index in [0.29, 0.717) is 22.5 Å². The Morgan fingerprint density at radius 3 is 1.89 bits per heavy atom. The quantitative estimate of drug-likeness (QED) is 0.718. The van der Waals surface area contributed by atoms with Crippen LogP contribution in [0.4, 0.5) is 20.2 Å². The van der Waals surface area contributed by atoms with Crippen molar-refractivity contribution in [1.29, 1.82) is 0 Å². The maximum Gasteiger partial charge on any atom is 0.277 e. The molecule has 0 spiro atoms. The van der Waals surface area contributed by atoms with Crippen molar-refractivity contribution in [2.45, 2.75) is 13.8 Å². The first-order valence-electron chi connectivity index (χ1n) is 8.43. The highest BCUT2D eigenvalue weighted by Crippen LogP contribution is 2.20. The minimum absolute atomic E-state index is 0.0588. The van der Waals surface area contributed by atoms with E-state index in [1.54, 1.807) is 20.9 Å². The van der Waals surface area contributed by atoms with Gasteiger partial charge in [0.1, 0.15) is 11.6 Å². The molecular weight excluding hydrogens is 366 g/mol. The second-order valence-electron chi connectivity index (χ2n) is 6.39. The first kappa shape index (κ1) is 19.2. The minimum Gasteiger partial charge on any atom is -0.322 e. The molecule has 28 heavy (non-hydrogen) atoms. The topological polar surface area (TPSA) is 76.0 Å². The number of benzene rings is 2. The average molecular weight is 384 g/mol. The zero-order valence-electron chi connectivity index (χ0n) is 15.5. The van der Waals surface area contributed by atoms with Crippen LogP contribution < -0.4 is 10.6 Å². The molecule has 2 amide bonds. The number of nitrogens with one attached hydrogen (secondary N) is 2. The van der Waals surface area contributed by atoms with E-state index in [1.165, 1.54) is 47.3 Å². The van der Waals surface area contributed by atoms with Gasteiger partial charge in [0, 0.05) is 24.6 Å². The zero-order chi connectivity index (χ0) is 20.4. The number of aryl methyl sites for hydroxylation is 3. The summed E-state index contributed by atoms with van der Waals surface area (Å²) in [7, 11) is 1.58. The lowest BCUT2D eigenvalue weighted by Gasteiger charge is -2.10. The summed E-state index contributed by atoms with van der Waals surface area (Å²) in [5, 5.41) is 9.35. The fourth-order valence-corrected chi connectivity index (χ4v) is 2.73. The Labute approximate surface area is 160 Å². The maximum atomic E-state index is 13.2. The number of amides is 2. The van der Waals surface area contributed by atoms with Crippen molar-refractivity contribution in [3.8, 4) is 0 Å². The lowest BCUT2D eigenvalue weighted by molar-refractivity contribution is 0.0988. The average Bonchev–Trinajstić information content (AvgIpc) is 3.02. The molecule has 0 bridgehead atoms. The van der Waals surface area contributed by atoms with Crippen LogP contribution in [0, 0.1) is 25.5 Å². The number of nitrogens with zero attached hydrogens (tertiary/aromatic N) is 2. The van der Waals surface area contributed by atoms with Crippen molar-refractivity contribution >= 4 is 23.2 Å². The molecule has 144 valence electrons. The Bertz CT molecular complexity index is 993. The van der Waals surface area contributed by atoms with E-state index in [4.69, 9.17) is 0 Å². The van der Waals surface area contributed by atoms with Crippen molar-refractivity contribution < 1.29 is 18.4 Å². The van der Waals surface area contributed by atoms with E-state index in [0.717, 1.165) is 0 Å². The molecule has 8 heteroatoms. The Hall–Kier alpha value is -3.55. The predicted molar refractivity (Wildman–Crippen MR) is 101 cm³/mol. The first-order chi connectivity index (χ1) is 13.2. The fraction of sp³-hybridized carbons (Fsp3) is 0.150. The summed E-state index contributed by atoms with van der Waals surface area (Å²) < 4.78 is 27.8. The number of hydrogen-bond donors (Lipinski definition) is 2.